The predicted octanol–water partition coefficient (Wildman–Crippen LogP) is -8.32. The van der Waals surface area contributed by atoms with Gasteiger partial charge in [-0.15, -0.1) is 0 Å². The minimum atomic E-state index is 0. The van der Waals surface area contributed by atoms with Gasteiger partial charge < -0.3 is 56.8 Å². The summed E-state index contributed by atoms with van der Waals surface area (Å²) in [6.07, 6.45) is 0. The topological polar surface area (TPSA) is 189 Å². The van der Waals surface area contributed by atoms with Gasteiger partial charge in [-0.3, -0.25) is 0 Å². The van der Waals surface area contributed by atoms with E-state index in [1.807, 2.05) is 0 Å². The van der Waals surface area contributed by atoms with Crippen molar-refractivity contribution in [1.29, 1.82) is 0 Å². The van der Waals surface area contributed by atoms with Crippen LogP contribution in [0.2, 0.25) is 0 Å². The smallest absolute Gasteiger partial charge is 1.00 e. The first-order valence-electron chi connectivity index (χ1n) is 0. The first kappa shape index (κ1) is 400. The summed E-state index contributed by atoms with van der Waals surface area (Å²) in [7, 11) is 0. The van der Waals surface area contributed by atoms with Crippen molar-refractivity contribution in [2.24, 2.45) is 0 Å². The molecular weight excluding hydrogens is 247 g/mol. The zero-order chi connectivity index (χ0) is 0. The largest absolute Gasteiger partial charge is 2.00 e. The molecule has 0 aliphatic heterocycles. The SMILES string of the molecule is O.O.O.O.O.O.[I-].[Mg+2]. The Labute approximate surface area is 79.7 Å². The molecule has 0 spiro atoms. The van der Waals surface area contributed by atoms with Crippen molar-refractivity contribution in [3.05, 3.63) is 0 Å². The van der Waals surface area contributed by atoms with E-state index in [1.54, 1.807) is 0 Å². The molecule has 0 aromatic carbocycles. The minimum absolute atomic E-state index is 0. The maximum atomic E-state index is 0. The third-order valence-electron chi connectivity index (χ3n) is 0. The van der Waals surface area contributed by atoms with Crippen molar-refractivity contribution >= 4 is 23.1 Å². The molecule has 0 fully saturated rings. The van der Waals surface area contributed by atoms with Gasteiger partial charge in [0.2, 0.25) is 0 Å². The van der Waals surface area contributed by atoms with Gasteiger partial charge in [0, 0.05) is 0 Å². The molecular formula is H12IMgO6+. The van der Waals surface area contributed by atoms with Crippen LogP contribution in [0.15, 0.2) is 0 Å². The van der Waals surface area contributed by atoms with Crippen LogP contribution in [0, 0.1) is 0 Å². The van der Waals surface area contributed by atoms with E-state index in [0.29, 0.717) is 0 Å². The molecule has 8 heteroatoms. The van der Waals surface area contributed by atoms with Crippen molar-refractivity contribution in [1.82, 2.24) is 0 Å². The maximum absolute atomic E-state index is 0. The Hall–Kier alpha value is 1.26. The number of halogens is 1. The standard InChI is InChI=1S/HI.Mg.6H2O/h1H;;6*1H2/q;+2;;;;;;/p-1. The Kier molecular flexibility index (Phi) is 13800. The molecule has 0 aromatic rings. The molecule has 6 nitrogen and oxygen atoms in total. The van der Waals surface area contributed by atoms with E-state index in [-0.39, 0.29) is 79.9 Å². The number of rotatable bonds is 0. The van der Waals surface area contributed by atoms with Crippen molar-refractivity contribution in [2.75, 3.05) is 0 Å². The predicted molar refractivity (Wildman–Crippen MR) is 27.4 cm³/mol. The first-order chi connectivity index (χ1) is 0. The quantitative estimate of drug-likeness (QED) is 0.295. The van der Waals surface area contributed by atoms with Gasteiger partial charge >= 0.3 is 23.1 Å². The van der Waals surface area contributed by atoms with Gasteiger partial charge in [0.1, 0.15) is 0 Å². The summed E-state index contributed by atoms with van der Waals surface area (Å²) in [5, 5.41) is 0. The molecule has 0 radical (unpaired) electrons. The Morgan fingerprint density at radius 3 is 0.375 bits per heavy atom. The molecule has 0 amide bonds. The molecule has 0 aromatic heterocycles. The molecule has 0 saturated carbocycles. The molecule has 8 heavy (non-hydrogen) atoms. The Balaban J connectivity index is 0. The molecule has 0 aliphatic rings. The van der Waals surface area contributed by atoms with Gasteiger partial charge in [-0.25, -0.2) is 0 Å². The van der Waals surface area contributed by atoms with Crippen LogP contribution < -0.4 is 24.0 Å². The average molecular weight is 259 g/mol. The molecule has 0 heterocycles. The van der Waals surface area contributed by atoms with Crippen LogP contribution in [0.1, 0.15) is 0 Å². The van der Waals surface area contributed by atoms with Crippen LogP contribution in [0.3, 0.4) is 0 Å². The van der Waals surface area contributed by atoms with Crippen LogP contribution in [-0.4, -0.2) is 55.9 Å². The van der Waals surface area contributed by atoms with Crippen LogP contribution in [0.25, 0.3) is 0 Å². The van der Waals surface area contributed by atoms with Crippen LogP contribution in [-0.2, 0) is 0 Å². The Morgan fingerprint density at radius 1 is 0.375 bits per heavy atom. The molecule has 0 bridgehead atoms. The summed E-state index contributed by atoms with van der Waals surface area (Å²) in [6, 6.07) is 0. The van der Waals surface area contributed by atoms with E-state index < -0.39 is 0 Å². The van der Waals surface area contributed by atoms with E-state index in [0.717, 1.165) is 0 Å². The van der Waals surface area contributed by atoms with E-state index in [2.05, 4.69) is 0 Å². The minimum Gasteiger partial charge on any atom is -1.00 e. The second kappa shape index (κ2) is 275. The fourth-order valence-corrected chi connectivity index (χ4v) is 0. The third-order valence-corrected chi connectivity index (χ3v) is 0. The monoisotopic (exact) mass is 259 g/mol. The van der Waals surface area contributed by atoms with Gasteiger partial charge in [0.15, 0.2) is 0 Å². The summed E-state index contributed by atoms with van der Waals surface area (Å²) in [4.78, 5) is 0. The van der Waals surface area contributed by atoms with Crippen LogP contribution in [0.4, 0.5) is 0 Å². The zero-order valence-corrected chi connectivity index (χ0v) is 7.66. The maximum Gasteiger partial charge on any atom is 2.00 e. The number of hydrogen-bond acceptors (Lipinski definition) is 0. The van der Waals surface area contributed by atoms with Gasteiger partial charge in [0.05, 0.1) is 0 Å². The molecule has 56 valence electrons. The fourth-order valence-electron chi connectivity index (χ4n) is 0. The average Bonchev–Trinajstić information content (AvgIpc) is 0. The molecule has 12 N–H and O–H groups in total. The number of hydrogen-bond donors (Lipinski definition) is 0. The van der Waals surface area contributed by atoms with Gasteiger partial charge in [-0.1, -0.05) is 0 Å². The Bertz CT molecular complexity index is 8.49. The van der Waals surface area contributed by atoms with Gasteiger partial charge in [0.25, 0.3) is 0 Å². The summed E-state index contributed by atoms with van der Waals surface area (Å²) < 4.78 is 0. The molecule has 0 unspecified atom stereocenters. The van der Waals surface area contributed by atoms with E-state index in [4.69, 9.17) is 0 Å². The summed E-state index contributed by atoms with van der Waals surface area (Å²) in [5.74, 6) is 0. The molecule has 0 atom stereocenters. The molecule has 0 aliphatic carbocycles. The zero-order valence-electron chi connectivity index (χ0n) is 4.09. The summed E-state index contributed by atoms with van der Waals surface area (Å²) >= 11 is 0. The van der Waals surface area contributed by atoms with Crippen molar-refractivity contribution in [3.63, 3.8) is 0 Å². The van der Waals surface area contributed by atoms with Crippen molar-refractivity contribution in [3.8, 4) is 0 Å². The molecule has 0 saturated heterocycles. The van der Waals surface area contributed by atoms with E-state index in [1.165, 1.54) is 0 Å². The van der Waals surface area contributed by atoms with Crippen molar-refractivity contribution in [2.45, 2.75) is 0 Å². The third kappa shape index (κ3) is 180. The van der Waals surface area contributed by atoms with Crippen molar-refractivity contribution < 1.29 is 56.8 Å². The second-order valence-electron chi connectivity index (χ2n) is 0. The Morgan fingerprint density at radius 2 is 0.375 bits per heavy atom. The van der Waals surface area contributed by atoms with Gasteiger partial charge in [-0.05, 0) is 0 Å². The van der Waals surface area contributed by atoms with E-state index >= 15 is 0 Å². The van der Waals surface area contributed by atoms with Gasteiger partial charge in [-0.2, -0.15) is 0 Å². The second-order valence-corrected chi connectivity index (χ2v) is 0. The van der Waals surface area contributed by atoms with Crippen LogP contribution >= 0.6 is 0 Å². The summed E-state index contributed by atoms with van der Waals surface area (Å²) in [5.41, 5.74) is 0. The molecule has 0 rings (SSSR count). The van der Waals surface area contributed by atoms with E-state index in [9.17, 15) is 0 Å². The summed E-state index contributed by atoms with van der Waals surface area (Å²) in [6.45, 7) is 0. The normalized spacial score (nSPS) is 0. The fraction of sp³-hybridized carbons (Fsp3) is 0. The van der Waals surface area contributed by atoms with Crippen LogP contribution in [0.5, 0.6) is 0 Å². The first-order valence-corrected chi connectivity index (χ1v) is 0.